The van der Waals surface area contributed by atoms with Crippen molar-refractivity contribution in [1.82, 2.24) is 14.7 Å². The lowest BCUT2D eigenvalue weighted by molar-refractivity contribution is 0.0474. The lowest BCUT2D eigenvalue weighted by Crippen LogP contribution is -2.15. The first-order valence-corrected chi connectivity index (χ1v) is 8.59. The highest BCUT2D eigenvalue weighted by atomic mass is 79.9. The summed E-state index contributed by atoms with van der Waals surface area (Å²) in [6.07, 6.45) is 2.94. The van der Waals surface area contributed by atoms with Crippen molar-refractivity contribution >= 4 is 27.7 Å². The van der Waals surface area contributed by atoms with Crippen LogP contribution in [0.1, 0.15) is 37.9 Å². The van der Waals surface area contributed by atoms with E-state index in [0.29, 0.717) is 27.3 Å². The van der Waals surface area contributed by atoms with E-state index < -0.39 is 5.97 Å². The van der Waals surface area contributed by atoms with Gasteiger partial charge in [-0.25, -0.2) is 4.79 Å². The third-order valence-corrected chi connectivity index (χ3v) is 4.28. The molecule has 0 aliphatic rings. The Morgan fingerprint density at radius 1 is 1.19 bits per heavy atom. The van der Waals surface area contributed by atoms with Gasteiger partial charge in [-0.1, -0.05) is 5.16 Å². The summed E-state index contributed by atoms with van der Waals surface area (Å²) in [7, 11) is 0. The Bertz CT molecular complexity index is 990. The second kappa shape index (κ2) is 7.25. The van der Waals surface area contributed by atoms with E-state index in [2.05, 4.69) is 26.1 Å². The molecule has 3 rings (SSSR count). The smallest absolute Gasteiger partial charge is 0.340 e. The van der Waals surface area contributed by atoms with Gasteiger partial charge in [0.2, 0.25) is 5.78 Å². The van der Waals surface area contributed by atoms with Crippen LogP contribution in [-0.4, -0.2) is 33.1 Å². The molecule has 3 aromatic heterocycles. The fourth-order valence-electron chi connectivity index (χ4n) is 2.67. The zero-order valence-electron chi connectivity index (χ0n) is 14.4. The molecule has 3 aromatic rings. The van der Waals surface area contributed by atoms with E-state index in [1.165, 1.54) is 6.20 Å². The minimum atomic E-state index is -0.604. The van der Waals surface area contributed by atoms with Crippen molar-refractivity contribution in [3.05, 3.63) is 63.3 Å². The molecule has 0 atom stereocenters. The van der Waals surface area contributed by atoms with Gasteiger partial charge in [0.15, 0.2) is 12.4 Å². The standard InChI is InChI=1S/C18H16BrN3O4/c1-10-4-15(12(3)22(10)17-5-11(2)26-21-17)16(23)9-25-18(24)13-6-14(19)8-20-7-13/h4-8H,9H2,1-3H3. The number of rotatable bonds is 5. The number of carbonyl (C=O) groups is 2. The van der Waals surface area contributed by atoms with E-state index in [0.717, 1.165) is 5.69 Å². The van der Waals surface area contributed by atoms with E-state index >= 15 is 0 Å². The number of aryl methyl sites for hydroxylation is 2. The lowest BCUT2D eigenvalue weighted by Gasteiger charge is -2.06. The van der Waals surface area contributed by atoms with Gasteiger partial charge in [-0.2, -0.15) is 0 Å². The number of aromatic nitrogens is 3. The lowest BCUT2D eigenvalue weighted by atomic mass is 10.1. The Balaban J connectivity index is 1.75. The van der Waals surface area contributed by atoms with Gasteiger partial charge in [-0.3, -0.25) is 14.3 Å². The normalized spacial score (nSPS) is 10.8. The molecule has 0 saturated carbocycles. The van der Waals surface area contributed by atoms with Crippen LogP contribution in [0.15, 0.2) is 39.6 Å². The maximum Gasteiger partial charge on any atom is 0.340 e. The predicted octanol–water partition coefficient (Wildman–Crippen LogP) is 3.59. The topological polar surface area (TPSA) is 87.2 Å². The van der Waals surface area contributed by atoms with Crippen LogP contribution in [0.3, 0.4) is 0 Å². The summed E-state index contributed by atoms with van der Waals surface area (Å²) in [5, 5.41) is 3.98. The molecule has 0 bridgehead atoms. The number of ketones is 1. The van der Waals surface area contributed by atoms with Crippen molar-refractivity contribution < 1.29 is 18.8 Å². The molecule has 7 nitrogen and oxygen atoms in total. The zero-order chi connectivity index (χ0) is 18.8. The predicted molar refractivity (Wildman–Crippen MR) is 96.6 cm³/mol. The number of carbonyl (C=O) groups excluding carboxylic acids is 2. The van der Waals surface area contributed by atoms with Crippen molar-refractivity contribution in [1.29, 1.82) is 0 Å². The van der Waals surface area contributed by atoms with Crippen LogP contribution in [0.5, 0.6) is 0 Å². The molecular formula is C18H16BrN3O4. The van der Waals surface area contributed by atoms with Crippen molar-refractivity contribution in [3.63, 3.8) is 0 Å². The third-order valence-electron chi connectivity index (χ3n) is 3.85. The fraction of sp³-hybridized carbons (Fsp3) is 0.222. The Morgan fingerprint density at radius 3 is 2.62 bits per heavy atom. The summed E-state index contributed by atoms with van der Waals surface area (Å²) >= 11 is 3.24. The van der Waals surface area contributed by atoms with Crippen LogP contribution in [0, 0.1) is 20.8 Å². The third kappa shape index (κ3) is 3.60. The molecule has 0 aliphatic heterocycles. The molecule has 0 aliphatic carbocycles. The van der Waals surface area contributed by atoms with Crippen LogP contribution >= 0.6 is 15.9 Å². The van der Waals surface area contributed by atoms with Gasteiger partial charge >= 0.3 is 5.97 Å². The fourth-order valence-corrected chi connectivity index (χ4v) is 3.04. The maximum absolute atomic E-state index is 12.5. The minimum absolute atomic E-state index is 0.274. The van der Waals surface area contributed by atoms with E-state index in [-0.39, 0.29) is 18.0 Å². The summed E-state index contributed by atoms with van der Waals surface area (Å²) in [6.45, 7) is 5.12. The van der Waals surface area contributed by atoms with Gasteiger partial charge < -0.3 is 9.26 Å². The SMILES string of the molecule is Cc1cc(-n2c(C)cc(C(=O)COC(=O)c3cncc(Br)c3)c2C)no1. The molecule has 8 heteroatoms. The second-order valence-corrected chi connectivity index (χ2v) is 6.72. The van der Waals surface area contributed by atoms with Crippen LogP contribution in [0.2, 0.25) is 0 Å². The molecular weight excluding hydrogens is 402 g/mol. The molecule has 134 valence electrons. The zero-order valence-corrected chi connectivity index (χ0v) is 16.0. The number of nitrogens with zero attached hydrogens (tertiary/aromatic N) is 3. The Labute approximate surface area is 158 Å². The first-order valence-electron chi connectivity index (χ1n) is 7.80. The van der Waals surface area contributed by atoms with Crippen molar-refractivity contribution in [3.8, 4) is 5.82 Å². The molecule has 0 radical (unpaired) electrons. The molecule has 26 heavy (non-hydrogen) atoms. The van der Waals surface area contributed by atoms with Crippen LogP contribution in [-0.2, 0) is 4.74 Å². The molecule has 0 saturated heterocycles. The first kappa shape index (κ1) is 18.1. The van der Waals surface area contributed by atoms with Gasteiger partial charge in [-0.15, -0.1) is 0 Å². The van der Waals surface area contributed by atoms with E-state index in [4.69, 9.17) is 9.26 Å². The van der Waals surface area contributed by atoms with Crippen LogP contribution in [0.4, 0.5) is 0 Å². The summed E-state index contributed by atoms with van der Waals surface area (Å²) in [5.74, 6) is 0.389. The monoisotopic (exact) mass is 417 g/mol. The Morgan fingerprint density at radius 2 is 1.96 bits per heavy atom. The van der Waals surface area contributed by atoms with Crippen molar-refractivity contribution in [2.24, 2.45) is 0 Å². The summed E-state index contributed by atoms with van der Waals surface area (Å²) < 4.78 is 12.7. The molecule has 0 fully saturated rings. The first-order chi connectivity index (χ1) is 12.4. The van der Waals surface area contributed by atoms with E-state index in [1.54, 1.807) is 31.3 Å². The molecule has 3 heterocycles. The highest BCUT2D eigenvalue weighted by molar-refractivity contribution is 9.10. The molecule has 0 spiro atoms. The highest BCUT2D eigenvalue weighted by Gasteiger charge is 2.20. The molecule has 0 amide bonds. The number of halogens is 1. The number of hydrogen-bond donors (Lipinski definition) is 0. The number of ether oxygens (including phenoxy) is 1. The number of esters is 1. The largest absolute Gasteiger partial charge is 0.454 e. The second-order valence-electron chi connectivity index (χ2n) is 5.81. The average molecular weight is 418 g/mol. The van der Waals surface area contributed by atoms with Gasteiger partial charge in [0.25, 0.3) is 0 Å². The Hall–Kier alpha value is -2.74. The van der Waals surface area contributed by atoms with Crippen LogP contribution < -0.4 is 0 Å². The van der Waals surface area contributed by atoms with Gasteiger partial charge in [0, 0.05) is 39.9 Å². The van der Waals surface area contributed by atoms with Crippen LogP contribution in [0.25, 0.3) is 5.82 Å². The minimum Gasteiger partial charge on any atom is -0.454 e. The number of pyridine rings is 1. The van der Waals surface area contributed by atoms with Gasteiger partial charge in [0.05, 0.1) is 5.56 Å². The summed E-state index contributed by atoms with van der Waals surface area (Å²) in [4.78, 5) is 28.5. The number of Topliss-reactive ketones (excluding diaryl/α,β-unsaturated/α-hetero) is 1. The van der Waals surface area contributed by atoms with Gasteiger partial charge in [0.1, 0.15) is 5.76 Å². The van der Waals surface area contributed by atoms with Crippen molar-refractivity contribution in [2.75, 3.05) is 6.61 Å². The van der Waals surface area contributed by atoms with Gasteiger partial charge in [-0.05, 0) is 48.8 Å². The maximum atomic E-state index is 12.5. The van der Waals surface area contributed by atoms with E-state index in [9.17, 15) is 9.59 Å². The Kier molecular flexibility index (Phi) is 5.03. The summed E-state index contributed by atoms with van der Waals surface area (Å²) in [5.41, 5.74) is 2.29. The highest BCUT2D eigenvalue weighted by Crippen LogP contribution is 2.21. The molecule has 0 unspecified atom stereocenters. The quantitative estimate of drug-likeness (QED) is 0.465. The van der Waals surface area contributed by atoms with Crippen molar-refractivity contribution in [2.45, 2.75) is 20.8 Å². The summed E-state index contributed by atoms with van der Waals surface area (Å²) in [6, 6.07) is 5.11. The van der Waals surface area contributed by atoms with E-state index in [1.807, 2.05) is 18.4 Å². The molecule has 0 N–H and O–H groups in total. The molecule has 0 aromatic carbocycles. The number of hydrogen-bond acceptors (Lipinski definition) is 6. The average Bonchev–Trinajstić information content (AvgIpc) is 3.15.